The van der Waals surface area contributed by atoms with Gasteiger partial charge < -0.3 is 5.11 Å². The summed E-state index contributed by atoms with van der Waals surface area (Å²) in [6.45, 7) is 1.69. The van der Waals surface area contributed by atoms with Gasteiger partial charge in [0, 0.05) is 25.0 Å². The third-order valence-electron chi connectivity index (χ3n) is 3.32. The van der Waals surface area contributed by atoms with Gasteiger partial charge in [0.05, 0.1) is 11.1 Å². The van der Waals surface area contributed by atoms with E-state index in [-0.39, 0.29) is 15.7 Å². The molecule has 0 saturated carbocycles. The highest BCUT2D eigenvalue weighted by Crippen LogP contribution is 2.32. The Hall–Kier alpha value is -1.63. The third kappa shape index (κ3) is 3.02. The fraction of sp³-hybridized carbons (Fsp3) is 0.214. The molecular weight excluding hydrogens is 312 g/mol. The van der Waals surface area contributed by atoms with E-state index in [0.29, 0.717) is 5.56 Å². The Kier molecular flexibility index (Phi) is 4.51. The van der Waals surface area contributed by atoms with Crippen LogP contribution < -0.4 is 0 Å². The van der Waals surface area contributed by atoms with Crippen LogP contribution in [0.4, 0.5) is 0 Å². The van der Waals surface area contributed by atoms with Crippen LogP contribution in [0.15, 0.2) is 47.6 Å². The lowest BCUT2D eigenvalue weighted by Gasteiger charge is -2.25. The van der Waals surface area contributed by atoms with Crippen LogP contribution in [0.3, 0.4) is 0 Å². The van der Waals surface area contributed by atoms with Gasteiger partial charge in [0.15, 0.2) is 0 Å². The summed E-state index contributed by atoms with van der Waals surface area (Å²) in [6.07, 6.45) is 2.64. The van der Waals surface area contributed by atoms with Crippen LogP contribution in [-0.4, -0.2) is 29.9 Å². The molecule has 0 radical (unpaired) electrons. The molecule has 2 rings (SSSR count). The molecule has 1 aromatic carbocycles. The number of halogens is 1. The van der Waals surface area contributed by atoms with Crippen molar-refractivity contribution in [3.63, 3.8) is 0 Å². The lowest BCUT2D eigenvalue weighted by Crippen LogP contribution is -2.30. The number of hydrogen-bond acceptors (Lipinski definition) is 4. The van der Waals surface area contributed by atoms with E-state index in [1.54, 1.807) is 25.1 Å². The summed E-state index contributed by atoms with van der Waals surface area (Å²) < 4.78 is 26.4. The van der Waals surface area contributed by atoms with Crippen LogP contribution in [0.5, 0.6) is 5.75 Å². The number of aromatic nitrogens is 1. The summed E-state index contributed by atoms with van der Waals surface area (Å²) in [4.78, 5) is 3.75. The van der Waals surface area contributed by atoms with Crippen LogP contribution in [0.2, 0.25) is 5.02 Å². The molecule has 7 heteroatoms. The molecule has 0 aliphatic rings. The number of sulfonamides is 1. The normalized spacial score (nSPS) is 13.3. The number of phenols is 1. The first-order valence-electron chi connectivity index (χ1n) is 6.21. The molecule has 2 aromatic rings. The van der Waals surface area contributed by atoms with Gasteiger partial charge in [0.25, 0.3) is 0 Å². The van der Waals surface area contributed by atoms with E-state index < -0.39 is 16.1 Å². The SMILES string of the molecule is CC(c1ccccc1O)N(C)S(=O)(=O)c1cnccc1Cl. The first-order valence-corrected chi connectivity index (χ1v) is 8.03. The minimum atomic E-state index is -3.81. The molecule has 21 heavy (non-hydrogen) atoms. The van der Waals surface area contributed by atoms with Crippen LogP contribution in [0, 0.1) is 0 Å². The highest BCUT2D eigenvalue weighted by Gasteiger charge is 2.29. The van der Waals surface area contributed by atoms with Crippen molar-refractivity contribution in [3.8, 4) is 5.75 Å². The summed E-state index contributed by atoms with van der Waals surface area (Å²) >= 11 is 5.94. The van der Waals surface area contributed by atoms with Crippen molar-refractivity contribution in [1.29, 1.82) is 0 Å². The minimum Gasteiger partial charge on any atom is -0.508 e. The van der Waals surface area contributed by atoms with E-state index in [9.17, 15) is 13.5 Å². The van der Waals surface area contributed by atoms with Crippen molar-refractivity contribution in [2.75, 3.05) is 7.05 Å². The minimum absolute atomic E-state index is 0.0457. The topological polar surface area (TPSA) is 70.5 Å². The van der Waals surface area contributed by atoms with Crippen LogP contribution >= 0.6 is 11.6 Å². The van der Waals surface area contributed by atoms with Gasteiger partial charge in [-0.1, -0.05) is 29.8 Å². The molecule has 0 amide bonds. The number of hydrogen-bond donors (Lipinski definition) is 1. The van der Waals surface area contributed by atoms with E-state index >= 15 is 0 Å². The van der Waals surface area contributed by atoms with Gasteiger partial charge >= 0.3 is 0 Å². The molecule has 0 saturated heterocycles. The van der Waals surface area contributed by atoms with Crippen molar-refractivity contribution in [2.24, 2.45) is 0 Å². The molecular formula is C14H15ClN2O3S. The van der Waals surface area contributed by atoms with Gasteiger partial charge in [-0.05, 0) is 19.1 Å². The average molecular weight is 327 g/mol. The summed E-state index contributed by atoms with van der Waals surface area (Å²) in [5.74, 6) is 0.0457. The second-order valence-electron chi connectivity index (χ2n) is 4.56. The Morgan fingerprint density at radius 3 is 2.57 bits per heavy atom. The lowest BCUT2D eigenvalue weighted by molar-refractivity contribution is 0.381. The molecule has 1 aromatic heterocycles. The molecule has 1 N–H and O–H groups in total. The van der Waals surface area contributed by atoms with Crippen molar-refractivity contribution < 1.29 is 13.5 Å². The largest absolute Gasteiger partial charge is 0.508 e. The number of nitrogens with zero attached hydrogens (tertiary/aromatic N) is 2. The summed E-state index contributed by atoms with van der Waals surface area (Å²) in [7, 11) is -2.37. The Bertz CT molecular complexity index is 749. The highest BCUT2D eigenvalue weighted by molar-refractivity contribution is 7.89. The fourth-order valence-electron chi connectivity index (χ4n) is 1.95. The van der Waals surface area contributed by atoms with E-state index in [0.717, 1.165) is 4.31 Å². The Morgan fingerprint density at radius 2 is 1.95 bits per heavy atom. The van der Waals surface area contributed by atoms with Crippen molar-refractivity contribution in [1.82, 2.24) is 9.29 Å². The molecule has 1 heterocycles. The first-order chi connectivity index (χ1) is 9.85. The molecule has 112 valence electrons. The Balaban J connectivity index is 2.42. The number of benzene rings is 1. The predicted octanol–water partition coefficient (Wildman–Crippen LogP) is 2.82. The molecule has 5 nitrogen and oxygen atoms in total. The zero-order valence-corrected chi connectivity index (χ0v) is 13.1. The van der Waals surface area contributed by atoms with Gasteiger partial charge in [-0.3, -0.25) is 4.98 Å². The van der Waals surface area contributed by atoms with Gasteiger partial charge in [0.1, 0.15) is 10.6 Å². The average Bonchev–Trinajstić information content (AvgIpc) is 2.46. The maximum absolute atomic E-state index is 12.6. The second-order valence-corrected chi connectivity index (χ2v) is 6.94. The summed E-state index contributed by atoms with van der Waals surface area (Å²) in [5.41, 5.74) is 0.517. The number of para-hydroxylation sites is 1. The smallest absolute Gasteiger partial charge is 0.246 e. The molecule has 1 unspecified atom stereocenters. The van der Waals surface area contributed by atoms with Gasteiger partial charge in [0.2, 0.25) is 10.0 Å². The molecule has 0 spiro atoms. The zero-order chi connectivity index (χ0) is 15.6. The number of aromatic hydroxyl groups is 1. The van der Waals surface area contributed by atoms with Crippen LogP contribution in [-0.2, 0) is 10.0 Å². The monoisotopic (exact) mass is 326 g/mol. The van der Waals surface area contributed by atoms with Crippen LogP contribution in [0.1, 0.15) is 18.5 Å². The lowest BCUT2D eigenvalue weighted by atomic mass is 10.1. The van der Waals surface area contributed by atoms with E-state index in [2.05, 4.69) is 4.98 Å². The van der Waals surface area contributed by atoms with Crippen molar-refractivity contribution >= 4 is 21.6 Å². The van der Waals surface area contributed by atoms with Gasteiger partial charge in [-0.25, -0.2) is 8.42 Å². The molecule has 0 aliphatic carbocycles. The summed E-state index contributed by atoms with van der Waals surface area (Å²) in [5, 5.41) is 9.97. The Labute approximate surface area is 128 Å². The maximum atomic E-state index is 12.6. The van der Waals surface area contributed by atoms with Crippen molar-refractivity contribution in [2.45, 2.75) is 17.9 Å². The van der Waals surface area contributed by atoms with Crippen LogP contribution in [0.25, 0.3) is 0 Å². The van der Waals surface area contributed by atoms with E-state index in [4.69, 9.17) is 11.6 Å². The van der Waals surface area contributed by atoms with Crippen molar-refractivity contribution in [3.05, 3.63) is 53.3 Å². The third-order valence-corrected chi connectivity index (χ3v) is 5.72. The molecule has 0 aliphatic heterocycles. The first kappa shape index (κ1) is 15.8. The number of phenolic OH excluding ortho intramolecular Hbond substituents is 1. The maximum Gasteiger partial charge on any atom is 0.246 e. The number of pyridine rings is 1. The molecule has 0 fully saturated rings. The number of rotatable bonds is 4. The molecule has 0 bridgehead atoms. The quantitative estimate of drug-likeness (QED) is 0.938. The highest BCUT2D eigenvalue weighted by atomic mass is 35.5. The zero-order valence-electron chi connectivity index (χ0n) is 11.6. The standard InChI is InChI=1S/C14H15ClN2O3S/c1-10(11-5-3-4-6-13(11)18)17(2)21(19,20)14-9-16-8-7-12(14)15/h3-10,18H,1-2H3. The van der Waals surface area contributed by atoms with Gasteiger partial charge in [-0.15, -0.1) is 0 Å². The summed E-state index contributed by atoms with van der Waals surface area (Å²) in [6, 6.07) is 7.49. The van der Waals surface area contributed by atoms with Gasteiger partial charge in [-0.2, -0.15) is 4.31 Å². The Morgan fingerprint density at radius 1 is 1.29 bits per heavy atom. The predicted molar refractivity (Wildman–Crippen MR) is 80.7 cm³/mol. The second kappa shape index (κ2) is 6.01. The van der Waals surface area contributed by atoms with E-state index in [1.165, 1.54) is 31.6 Å². The fourth-order valence-corrected chi connectivity index (χ4v) is 3.70. The molecule has 1 atom stereocenters. The van der Waals surface area contributed by atoms with E-state index in [1.807, 2.05) is 0 Å².